The summed E-state index contributed by atoms with van der Waals surface area (Å²) < 4.78 is 3.10. The van der Waals surface area contributed by atoms with Gasteiger partial charge >= 0.3 is 0 Å². The first-order valence-electron chi connectivity index (χ1n) is 12.0. The Bertz CT molecular complexity index is 1680. The summed E-state index contributed by atoms with van der Waals surface area (Å²) in [5.74, 6) is 0.309. The molecule has 0 aliphatic rings. The van der Waals surface area contributed by atoms with Crippen molar-refractivity contribution in [2.45, 2.75) is 36.8 Å². The van der Waals surface area contributed by atoms with Gasteiger partial charge < -0.3 is 5.32 Å². The van der Waals surface area contributed by atoms with Crippen LogP contribution in [0.2, 0.25) is 0 Å². The number of fused-ring (bicyclic) bond motifs is 2. The van der Waals surface area contributed by atoms with Gasteiger partial charge in [-0.3, -0.25) is 23.4 Å². The maximum atomic E-state index is 13.3. The second-order valence-electron chi connectivity index (χ2n) is 8.54. The van der Waals surface area contributed by atoms with Crippen molar-refractivity contribution in [1.82, 2.24) is 24.3 Å². The molecule has 0 aliphatic carbocycles. The third-order valence-electron chi connectivity index (χ3n) is 5.92. The number of pyridine rings is 1. The van der Waals surface area contributed by atoms with Gasteiger partial charge in [0, 0.05) is 37.5 Å². The molecule has 0 aliphatic heterocycles. The summed E-state index contributed by atoms with van der Waals surface area (Å²) in [7, 11) is 0. The summed E-state index contributed by atoms with van der Waals surface area (Å²) in [6.07, 6.45) is 2.46. The third kappa shape index (κ3) is 5.78. The lowest BCUT2D eigenvalue weighted by Crippen LogP contribution is -2.26. The fraction of sp³-hybridized carbons (Fsp3) is 0.179. The number of thioether (sulfide) groups is 1. The Labute approximate surface area is 217 Å². The lowest BCUT2D eigenvalue weighted by molar-refractivity contribution is -0.121. The van der Waals surface area contributed by atoms with Gasteiger partial charge in [0.2, 0.25) is 5.91 Å². The van der Waals surface area contributed by atoms with Crippen LogP contribution in [0.25, 0.3) is 16.6 Å². The van der Waals surface area contributed by atoms with Crippen LogP contribution in [-0.2, 0) is 23.6 Å². The Morgan fingerprint density at radius 1 is 0.919 bits per heavy atom. The van der Waals surface area contributed by atoms with E-state index in [-0.39, 0.29) is 17.0 Å². The number of hydrogen-bond donors (Lipinski definition) is 1. The van der Waals surface area contributed by atoms with E-state index in [1.807, 2.05) is 54.6 Å². The van der Waals surface area contributed by atoms with E-state index in [0.717, 1.165) is 5.56 Å². The smallest absolute Gasteiger partial charge is 0.262 e. The highest BCUT2D eigenvalue weighted by Gasteiger charge is 2.13. The molecule has 0 radical (unpaired) electrons. The molecule has 0 fully saturated rings. The number of carbonyl (C=O) groups is 1. The van der Waals surface area contributed by atoms with E-state index in [0.29, 0.717) is 59.1 Å². The number of amides is 1. The molecule has 0 atom stereocenters. The molecule has 0 saturated heterocycles. The van der Waals surface area contributed by atoms with Crippen LogP contribution >= 0.6 is 11.8 Å². The standard InChI is InChI=1S/C28H25N5O3S/c34-25(29-18-20-9-2-1-3-10-20)14-8-16-33-27(36)22-11-4-5-12-23(22)31-28(33)37-19-21-17-26(35)32-15-7-6-13-24(32)30-21/h1-7,9-13,15,17H,8,14,16,18-19H2,(H,29,34). The lowest BCUT2D eigenvalue weighted by atomic mass is 10.2. The normalized spacial score (nSPS) is 11.1. The Morgan fingerprint density at radius 3 is 2.57 bits per heavy atom. The number of hydrogen-bond acceptors (Lipinski definition) is 6. The summed E-state index contributed by atoms with van der Waals surface area (Å²) in [6.45, 7) is 0.822. The first-order chi connectivity index (χ1) is 18.1. The van der Waals surface area contributed by atoms with Gasteiger partial charge in [-0.25, -0.2) is 9.97 Å². The number of rotatable bonds is 9. The molecule has 8 nitrogen and oxygen atoms in total. The third-order valence-corrected chi connectivity index (χ3v) is 6.93. The van der Waals surface area contributed by atoms with Crippen molar-refractivity contribution in [1.29, 1.82) is 0 Å². The van der Waals surface area contributed by atoms with Gasteiger partial charge in [0.25, 0.3) is 11.1 Å². The Morgan fingerprint density at radius 2 is 1.70 bits per heavy atom. The van der Waals surface area contributed by atoms with E-state index in [2.05, 4.69) is 10.3 Å². The number of para-hydroxylation sites is 1. The highest BCUT2D eigenvalue weighted by molar-refractivity contribution is 7.98. The lowest BCUT2D eigenvalue weighted by Gasteiger charge is -2.13. The van der Waals surface area contributed by atoms with Crippen LogP contribution in [0, 0.1) is 0 Å². The molecule has 1 amide bonds. The van der Waals surface area contributed by atoms with E-state index < -0.39 is 0 Å². The summed E-state index contributed by atoms with van der Waals surface area (Å²) >= 11 is 1.35. The van der Waals surface area contributed by atoms with Crippen molar-refractivity contribution < 1.29 is 4.79 Å². The van der Waals surface area contributed by atoms with Gasteiger partial charge in [-0.2, -0.15) is 0 Å². The van der Waals surface area contributed by atoms with Crippen LogP contribution < -0.4 is 16.4 Å². The maximum Gasteiger partial charge on any atom is 0.262 e. The van der Waals surface area contributed by atoms with Crippen molar-refractivity contribution in [3.63, 3.8) is 0 Å². The van der Waals surface area contributed by atoms with Crippen LogP contribution in [0.15, 0.2) is 99.8 Å². The van der Waals surface area contributed by atoms with E-state index >= 15 is 0 Å². The zero-order valence-electron chi connectivity index (χ0n) is 20.0. The molecule has 2 aromatic carbocycles. The zero-order chi connectivity index (χ0) is 25.6. The van der Waals surface area contributed by atoms with Crippen molar-refractivity contribution >= 4 is 34.2 Å². The number of nitrogens with one attached hydrogen (secondary N) is 1. The van der Waals surface area contributed by atoms with Crippen LogP contribution in [0.4, 0.5) is 0 Å². The average molecular weight is 512 g/mol. The monoisotopic (exact) mass is 511 g/mol. The van der Waals surface area contributed by atoms with Gasteiger partial charge in [0.05, 0.1) is 16.6 Å². The van der Waals surface area contributed by atoms with Crippen LogP contribution in [0.5, 0.6) is 0 Å². The van der Waals surface area contributed by atoms with Gasteiger partial charge in [-0.15, -0.1) is 0 Å². The van der Waals surface area contributed by atoms with E-state index in [1.54, 1.807) is 29.0 Å². The quantitative estimate of drug-likeness (QED) is 0.239. The molecule has 0 bridgehead atoms. The SMILES string of the molecule is O=C(CCCn1c(SCc2cc(=O)n3ccccc3n2)nc2ccccc2c1=O)NCc1ccccc1. The highest BCUT2D eigenvalue weighted by Crippen LogP contribution is 2.22. The summed E-state index contributed by atoms with van der Waals surface area (Å²) in [6, 6.07) is 23.8. The molecular formula is C28H25N5O3S. The number of carbonyl (C=O) groups excluding carboxylic acids is 1. The van der Waals surface area contributed by atoms with E-state index in [1.165, 1.54) is 22.2 Å². The van der Waals surface area contributed by atoms with Crippen molar-refractivity contribution in [2.75, 3.05) is 0 Å². The highest BCUT2D eigenvalue weighted by atomic mass is 32.2. The Kier molecular flexibility index (Phi) is 7.41. The Hall–Kier alpha value is -4.24. The van der Waals surface area contributed by atoms with Gasteiger partial charge in [-0.05, 0) is 36.2 Å². The molecular weight excluding hydrogens is 486 g/mol. The van der Waals surface area contributed by atoms with Crippen LogP contribution in [0.1, 0.15) is 24.1 Å². The molecule has 3 aromatic heterocycles. The average Bonchev–Trinajstić information content (AvgIpc) is 2.93. The van der Waals surface area contributed by atoms with Gasteiger partial charge in [0.1, 0.15) is 5.65 Å². The molecule has 37 heavy (non-hydrogen) atoms. The van der Waals surface area contributed by atoms with Crippen molar-refractivity contribution in [3.8, 4) is 0 Å². The first kappa shape index (κ1) is 24.5. The van der Waals surface area contributed by atoms with Crippen LogP contribution in [-0.4, -0.2) is 24.8 Å². The van der Waals surface area contributed by atoms with Crippen molar-refractivity contribution in [2.24, 2.45) is 0 Å². The molecule has 0 saturated carbocycles. The number of nitrogens with zero attached hydrogens (tertiary/aromatic N) is 4. The first-order valence-corrected chi connectivity index (χ1v) is 13.0. The summed E-state index contributed by atoms with van der Waals surface area (Å²) in [5.41, 5.74) is 2.51. The molecule has 5 rings (SSSR count). The molecule has 186 valence electrons. The maximum absolute atomic E-state index is 13.3. The van der Waals surface area contributed by atoms with Crippen molar-refractivity contribution in [3.05, 3.63) is 117 Å². The molecule has 1 N–H and O–H groups in total. The zero-order valence-corrected chi connectivity index (χ0v) is 20.9. The van der Waals surface area contributed by atoms with Gasteiger partial charge in [0.15, 0.2) is 5.16 Å². The molecule has 5 aromatic rings. The predicted octanol–water partition coefficient (Wildman–Crippen LogP) is 3.79. The minimum absolute atomic E-state index is 0.0688. The molecule has 0 unspecified atom stereocenters. The number of aromatic nitrogens is 4. The minimum Gasteiger partial charge on any atom is -0.352 e. The summed E-state index contributed by atoms with van der Waals surface area (Å²) in [4.78, 5) is 47.5. The van der Waals surface area contributed by atoms with Crippen LogP contribution in [0.3, 0.4) is 0 Å². The minimum atomic E-state index is -0.161. The van der Waals surface area contributed by atoms with E-state index in [4.69, 9.17) is 4.98 Å². The second kappa shape index (κ2) is 11.2. The van der Waals surface area contributed by atoms with E-state index in [9.17, 15) is 14.4 Å². The Balaban J connectivity index is 1.32. The number of benzene rings is 2. The molecule has 3 heterocycles. The molecule has 0 spiro atoms. The topological polar surface area (TPSA) is 98.4 Å². The fourth-order valence-electron chi connectivity index (χ4n) is 4.05. The molecule has 9 heteroatoms. The predicted molar refractivity (Wildman–Crippen MR) is 145 cm³/mol. The van der Waals surface area contributed by atoms with Gasteiger partial charge in [-0.1, -0.05) is 60.3 Å². The fourth-order valence-corrected chi connectivity index (χ4v) is 4.97. The largest absolute Gasteiger partial charge is 0.352 e. The second-order valence-corrected chi connectivity index (χ2v) is 9.48. The summed E-state index contributed by atoms with van der Waals surface area (Å²) in [5, 5.41) is 3.98.